The van der Waals surface area contributed by atoms with Crippen molar-refractivity contribution in [3.8, 4) is 0 Å². The third kappa shape index (κ3) is 2.28. The summed E-state index contributed by atoms with van der Waals surface area (Å²) in [5.74, 6) is 0. The monoisotopic (exact) mass is 227 g/mol. The van der Waals surface area contributed by atoms with E-state index in [-0.39, 0.29) is 0 Å². The maximum absolute atomic E-state index is 5.62. The van der Waals surface area contributed by atoms with Gasteiger partial charge in [0.25, 0.3) is 0 Å². The predicted molar refractivity (Wildman–Crippen MR) is 57.1 cm³/mol. The molecule has 2 heterocycles. The minimum absolute atomic E-state index is 0.431. The van der Waals surface area contributed by atoms with E-state index in [9.17, 15) is 0 Å². The summed E-state index contributed by atoms with van der Waals surface area (Å²) in [7, 11) is 0. The van der Waals surface area contributed by atoms with E-state index in [0.29, 0.717) is 18.2 Å². The van der Waals surface area contributed by atoms with Crippen molar-refractivity contribution < 1.29 is 4.74 Å². The van der Waals surface area contributed by atoms with Crippen molar-refractivity contribution in [1.82, 2.24) is 9.59 Å². The van der Waals surface area contributed by atoms with Crippen LogP contribution in [0.1, 0.15) is 10.6 Å². The lowest BCUT2D eigenvalue weighted by atomic mass is 10.5. The fraction of sp³-hybridized carbons (Fsp3) is 0.250. The van der Waals surface area contributed by atoms with E-state index in [4.69, 9.17) is 10.5 Å². The molecule has 0 aromatic carbocycles. The van der Waals surface area contributed by atoms with Gasteiger partial charge in [0.15, 0.2) is 0 Å². The lowest BCUT2D eigenvalue weighted by Crippen LogP contribution is -1.96. The fourth-order valence-corrected chi connectivity index (χ4v) is 2.03. The van der Waals surface area contributed by atoms with E-state index in [1.165, 1.54) is 16.4 Å². The largest absolute Gasteiger partial charge is 0.388 e. The van der Waals surface area contributed by atoms with Gasteiger partial charge in [-0.25, -0.2) is 0 Å². The number of nitrogen functional groups attached to an aromatic ring is 1. The number of aromatic nitrogens is 2. The van der Waals surface area contributed by atoms with Gasteiger partial charge >= 0.3 is 0 Å². The molecular formula is C8H9N3OS2. The molecule has 0 bridgehead atoms. The Kier molecular flexibility index (Phi) is 3.07. The van der Waals surface area contributed by atoms with E-state index in [0.717, 1.165) is 5.69 Å². The van der Waals surface area contributed by atoms with Gasteiger partial charge in [0.05, 0.1) is 13.2 Å². The first-order chi connectivity index (χ1) is 6.86. The molecule has 14 heavy (non-hydrogen) atoms. The molecule has 0 atom stereocenters. The highest BCUT2D eigenvalue weighted by atomic mass is 32.1. The molecule has 2 aromatic heterocycles. The van der Waals surface area contributed by atoms with Gasteiger partial charge in [-0.3, -0.25) is 0 Å². The van der Waals surface area contributed by atoms with E-state index in [1.807, 2.05) is 17.5 Å². The van der Waals surface area contributed by atoms with Crippen LogP contribution in [-0.4, -0.2) is 9.59 Å². The molecule has 0 radical (unpaired) electrons. The summed E-state index contributed by atoms with van der Waals surface area (Å²) in [6.45, 7) is 1.04. The lowest BCUT2D eigenvalue weighted by molar-refractivity contribution is 0.107. The number of hydrogen-bond donors (Lipinski definition) is 1. The van der Waals surface area contributed by atoms with Gasteiger partial charge < -0.3 is 10.5 Å². The summed E-state index contributed by atoms with van der Waals surface area (Å²) >= 11 is 2.87. The summed E-state index contributed by atoms with van der Waals surface area (Å²) in [6.07, 6.45) is 0. The average Bonchev–Trinajstić information content (AvgIpc) is 2.78. The molecule has 74 valence electrons. The molecule has 4 nitrogen and oxygen atoms in total. The lowest BCUT2D eigenvalue weighted by Gasteiger charge is -1.99. The van der Waals surface area contributed by atoms with Crippen LogP contribution in [0.15, 0.2) is 17.5 Å². The molecule has 6 heteroatoms. The van der Waals surface area contributed by atoms with Crippen LogP contribution in [0, 0.1) is 0 Å². The third-order valence-electron chi connectivity index (χ3n) is 1.65. The van der Waals surface area contributed by atoms with Crippen molar-refractivity contribution in [3.63, 3.8) is 0 Å². The maximum Gasteiger partial charge on any atom is 0.133 e. The molecule has 0 saturated heterocycles. The highest BCUT2D eigenvalue weighted by Gasteiger charge is 2.03. The smallest absolute Gasteiger partial charge is 0.133 e. The number of nitrogens with zero attached hydrogens (tertiary/aromatic N) is 2. The third-order valence-corrected chi connectivity index (χ3v) is 3.09. The molecule has 0 unspecified atom stereocenters. The standard InChI is InChI=1S/C8H9N3OS2/c9-8-7(10-11-14-8)5-12-4-6-2-1-3-13-6/h1-3H,4-5,9H2. The Morgan fingerprint density at radius 3 is 3.00 bits per heavy atom. The summed E-state index contributed by atoms with van der Waals surface area (Å²) in [4.78, 5) is 1.20. The van der Waals surface area contributed by atoms with Gasteiger partial charge in [-0.05, 0) is 11.4 Å². The van der Waals surface area contributed by atoms with Gasteiger partial charge in [0, 0.05) is 16.4 Å². The van der Waals surface area contributed by atoms with Crippen LogP contribution < -0.4 is 5.73 Å². The van der Waals surface area contributed by atoms with E-state index in [2.05, 4.69) is 9.59 Å². The van der Waals surface area contributed by atoms with Gasteiger partial charge in [-0.15, -0.1) is 16.4 Å². The molecule has 0 aliphatic heterocycles. The molecule has 0 fully saturated rings. The first-order valence-electron chi connectivity index (χ1n) is 4.03. The SMILES string of the molecule is Nc1snnc1COCc1cccs1. The van der Waals surface area contributed by atoms with E-state index in [1.54, 1.807) is 11.3 Å². The number of hydrogen-bond acceptors (Lipinski definition) is 6. The van der Waals surface area contributed by atoms with Crippen LogP contribution >= 0.6 is 22.9 Å². The van der Waals surface area contributed by atoms with Crippen LogP contribution in [-0.2, 0) is 18.0 Å². The summed E-state index contributed by atoms with van der Waals surface area (Å²) in [6, 6.07) is 4.04. The van der Waals surface area contributed by atoms with Crippen LogP contribution in [0.3, 0.4) is 0 Å². The Bertz CT molecular complexity index is 385. The van der Waals surface area contributed by atoms with Crippen LogP contribution in [0.2, 0.25) is 0 Å². The Hall–Kier alpha value is -0.980. The predicted octanol–water partition coefficient (Wildman–Crippen LogP) is 1.90. The van der Waals surface area contributed by atoms with Crippen molar-refractivity contribution in [2.24, 2.45) is 0 Å². The molecule has 0 amide bonds. The number of nitrogens with two attached hydrogens (primary N) is 1. The van der Waals surface area contributed by atoms with Gasteiger partial charge in [-0.1, -0.05) is 10.6 Å². The average molecular weight is 227 g/mol. The zero-order chi connectivity index (χ0) is 9.80. The topological polar surface area (TPSA) is 61.0 Å². The van der Waals surface area contributed by atoms with Gasteiger partial charge in [-0.2, -0.15) is 0 Å². The summed E-state index contributed by atoms with van der Waals surface area (Å²) < 4.78 is 9.16. The Labute approximate surface area is 89.5 Å². The highest BCUT2D eigenvalue weighted by Crippen LogP contribution is 2.15. The molecule has 0 saturated carbocycles. The number of rotatable bonds is 4. The van der Waals surface area contributed by atoms with Gasteiger partial charge in [0.2, 0.25) is 0 Å². The first-order valence-corrected chi connectivity index (χ1v) is 5.68. The van der Waals surface area contributed by atoms with E-state index >= 15 is 0 Å². The molecule has 0 spiro atoms. The minimum Gasteiger partial charge on any atom is -0.388 e. The van der Waals surface area contributed by atoms with Crippen molar-refractivity contribution in [2.75, 3.05) is 5.73 Å². The molecule has 0 aliphatic carbocycles. The highest BCUT2D eigenvalue weighted by molar-refractivity contribution is 7.10. The van der Waals surface area contributed by atoms with Crippen molar-refractivity contribution in [2.45, 2.75) is 13.2 Å². The minimum atomic E-state index is 0.431. The second-order valence-corrected chi connectivity index (χ2v) is 4.47. The van der Waals surface area contributed by atoms with E-state index < -0.39 is 0 Å². The van der Waals surface area contributed by atoms with Gasteiger partial charge in [0.1, 0.15) is 10.7 Å². The Morgan fingerprint density at radius 2 is 2.36 bits per heavy atom. The fourth-order valence-electron chi connectivity index (χ4n) is 0.959. The zero-order valence-electron chi connectivity index (χ0n) is 7.34. The Balaban J connectivity index is 1.81. The number of thiophene rings is 1. The quantitative estimate of drug-likeness (QED) is 0.866. The molecule has 2 rings (SSSR count). The molecule has 2 aromatic rings. The number of anilines is 1. The van der Waals surface area contributed by atoms with Crippen LogP contribution in [0.5, 0.6) is 0 Å². The zero-order valence-corrected chi connectivity index (χ0v) is 8.98. The van der Waals surface area contributed by atoms with Crippen molar-refractivity contribution >= 4 is 27.9 Å². The molecule has 0 aliphatic rings. The molecular weight excluding hydrogens is 218 g/mol. The second kappa shape index (κ2) is 4.50. The Morgan fingerprint density at radius 1 is 1.43 bits per heavy atom. The maximum atomic E-state index is 5.62. The van der Waals surface area contributed by atoms with Crippen LogP contribution in [0.25, 0.3) is 0 Å². The normalized spacial score (nSPS) is 10.6. The first kappa shape index (κ1) is 9.57. The van der Waals surface area contributed by atoms with Crippen molar-refractivity contribution in [3.05, 3.63) is 28.1 Å². The summed E-state index contributed by atoms with van der Waals surface area (Å²) in [5, 5.41) is 6.52. The molecule has 2 N–H and O–H groups in total. The second-order valence-electron chi connectivity index (χ2n) is 2.66. The summed E-state index contributed by atoms with van der Waals surface area (Å²) in [5.41, 5.74) is 6.34. The van der Waals surface area contributed by atoms with Crippen molar-refractivity contribution in [1.29, 1.82) is 0 Å². The number of ether oxygens (including phenoxy) is 1. The van der Waals surface area contributed by atoms with Crippen LogP contribution in [0.4, 0.5) is 5.00 Å².